The maximum absolute atomic E-state index is 12.0. The summed E-state index contributed by atoms with van der Waals surface area (Å²) in [5.41, 5.74) is 0.696. The van der Waals surface area contributed by atoms with Crippen molar-refractivity contribution in [1.29, 1.82) is 0 Å². The number of nitrogens with one attached hydrogen (secondary N) is 1. The van der Waals surface area contributed by atoms with E-state index in [0.717, 1.165) is 16.6 Å². The summed E-state index contributed by atoms with van der Waals surface area (Å²) in [6.07, 6.45) is 3.00. The predicted molar refractivity (Wildman–Crippen MR) is 74.1 cm³/mol. The topological polar surface area (TPSA) is 29.1 Å². The van der Waals surface area contributed by atoms with Gasteiger partial charge in [-0.3, -0.25) is 4.79 Å². The summed E-state index contributed by atoms with van der Waals surface area (Å²) >= 11 is 5.13. The van der Waals surface area contributed by atoms with Crippen molar-refractivity contribution in [2.24, 2.45) is 0 Å². The molecule has 2 nitrogen and oxygen atoms in total. The first-order valence-electron chi connectivity index (χ1n) is 5.23. The lowest BCUT2D eigenvalue weighted by molar-refractivity contribution is 0.0939. The summed E-state index contributed by atoms with van der Waals surface area (Å²) in [5, 5.41) is 3.03. The fourth-order valence-corrected chi connectivity index (χ4v) is 2.56. The number of carbonyl (C=O) groups is 1. The quantitative estimate of drug-likeness (QED) is 0.904. The molecule has 0 saturated heterocycles. The second-order valence-corrected chi connectivity index (χ2v) is 5.28. The molecule has 1 rings (SSSR count). The van der Waals surface area contributed by atoms with E-state index < -0.39 is 0 Å². The van der Waals surface area contributed by atoms with Gasteiger partial charge < -0.3 is 5.32 Å². The number of thioether (sulfide) groups is 1. The molecule has 16 heavy (non-hydrogen) atoms. The van der Waals surface area contributed by atoms with Crippen molar-refractivity contribution < 1.29 is 4.79 Å². The average Bonchev–Trinajstić information content (AvgIpc) is 2.28. The first kappa shape index (κ1) is 13.6. The number of amides is 1. The molecule has 0 spiro atoms. The van der Waals surface area contributed by atoms with Crippen molar-refractivity contribution in [3.05, 3.63) is 34.3 Å². The molecule has 0 saturated carbocycles. The van der Waals surface area contributed by atoms with E-state index >= 15 is 0 Å². The Morgan fingerprint density at radius 2 is 2.19 bits per heavy atom. The van der Waals surface area contributed by atoms with Crippen molar-refractivity contribution in [3.63, 3.8) is 0 Å². The van der Waals surface area contributed by atoms with Crippen molar-refractivity contribution in [2.45, 2.75) is 19.4 Å². The molecule has 88 valence electrons. The van der Waals surface area contributed by atoms with Crippen LogP contribution in [-0.4, -0.2) is 24.0 Å². The molecule has 1 aromatic rings. The number of hydrogen-bond donors (Lipinski definition) is 1. The molecule has 0 bridgehead atoms. The van der Waals surface area contributed by atoms with Gasteiger partial charge >= 0.3 is 0 Å². The van der Waals surface area contributed by atoms with Crippen LogP contribution in [0.2, 0.25) is 0 Å². The third-order valence-corrected chi connectivity index (χ3v) is 3.74. The van der Waals surface area contributed by atoms with Gasteiger partial charge in [0.2, 0.25) is 0 Å². The fraction of sp³-hybridized carbons (Fsp3) is 0.417. The van der Waals surface area contributed by atoms with Crippen molar-refractivity contribution in [3.8, 4) is 0 Å². The first-order chi connectivity index (χ1) is 7.69. The van der Waals surface area contributed by atoms with Crippen LogP contribution in [0.25, 0.3) is 0 Å². The fourth-order valence-electron chi connectivity index (χ4n) is 1.37. The first-order valence-corrected chi connectivity index (χ1v) is 7.42. The Kier molecular flexibility index (Phi) is 5.91. The van der Waals surface area contributed by atoms with Crippen molar-refractivity contribution in [2.75, 3.05) is 12.0 Å². The molecule has 4 heteroatoms. The minimum atomic E-state index is -0.00613. The second kappa shape index (κ2) is 6.97. The molecule has 1 amide bonds. The lowest BCUT2D eigenvalue weighted by Gasteiger charge is -2.16. The molecule has 0 aromatic heterocycles. The minimum absolute atomic E-state index is 0.00613. The Morgan fingerprint density at radius 1 is 1.50 bits per heavy atom. The van der Waals surface area contributed by atoms with E-state index in [2.05, 4.69) is 28.2 Å². The highest BCUT2D eigenvalue weighted by Crippen LogP contribution is 2.16. The Balaban J connectivity index is 2.68. The number of carbonyl (C=O) groups excluding carboxylic acids is 1. The summed E-state index contributed by atoms with van der Waals surface area (Å²) in [4.78, 5) is 12.0. The molecule has 0 aliphatic carbocycles. The standard InChI is InChI=1S/C12H16BrNOS/c1-3-9(8-16-2)14-12(15)10-6-4-5-7-11(10)13/h4-7,9H,3,8H2,1-2H3,(H,14,15). The molecule has 1 aromatic carbocycles. The maximum atomic E-state index is 12.0. The van der Waals surface area contributed by atoms with Gasteiger partial charge in [0.1, 0.15) is 0 Å². The van der Waals surface area contributed by atoms with Gasteiger partial charge in [0.15, 0.2) is 0 Å². The van der Waals surface area contributed by atoms with Crippen LogP contribution in [0.3, 0.4) is 0 Å². The second-order valence-electron chi connectivity index (χ2n) is 3.51. The Labute approximate surface area is 109 Å². The summed E-state index contributed by atoms with van der Waals surface area (Å²) in [6.45, 7) is 2.08. The number of halogens is 1. The van der Waals surface area contributed by atoms with Gasteiger partial charge in [0.25, 0.3) is 5.91 Å². The van der Waals surface area contributed by atoms with Crippen LogP contribution >= 0.6 is 27.7 Å². The monoisotopic (exact) mass is 301 g/mol. The Bertz CT molecular complexity index is 357. The Morgan fingerprint density at radius 3 is 2.75 bits per heavy atom. The van der Waals surface area contributed by atoms with Crippen molar-refractivity contribution in [1.82, 2.24) is 5.32 Å². The summed E-state index contributed by atoms with van der Waals surface area (Å²) in [7, 11) is 0. The highest BCUT2D eigenvalue weighted by atomic mass is 79.9. The van der Waals surface area contributed by atoms with Gasteiger partial charge in [0, 0.05) is 16.3 Å². The number of benzene rings is 1. The largest absolute Gasteiger partial charge is 0.348 e. The van der Waals surface area contributed by atoms with Gasteiger partial charge in [-0.1, -0.05) is 19.1 Å². The molecular formula is C12H16BrNOS. The number of rotatable bonds is 5. The SMILES string of the molecule is CCC(CSC)NC(=O)c1ccccc1Br. The molecule has 1 N–H and O–H groups in total. The zero-order valence-electron chi connectivity index (χ0n) is 9.50. The van der Waals surface area contributed by atoms with Crippen LogP contribution in [0, 0.1) is 0 Å². The van der Waals surface area contributed by atoms with E-state index in [4.69, 9.17) is 0 Å². The van der Waals surface area contributed by atoms with Crippen LogP contribution in [0.5, 0.6) is 0 Å². The van der Waals surface area contributed by atoms with Gasteiger partial charge in [-0.2, -0.15) is 11.8 Å². The summed E-state index contributed by atoms with van der Waals surface area (Å²) in [6, 6.07) is 7.72. The van der Waals surface area contributed by atoms with E-state index in [-0.39, 0.29) is 11.9 Å². The molecule has 0 radical (unpaired) electrons. The smallest absolute Gasteiger partial charge is 0.252 e. The molecule has 0 heterocycles. The highest BCUT2D eigenvalue weighted by molar-refractivity contribution is 9.10. The summed E-state index contributed by atoms with van der Waals surface area (Å²) < 4.78 is 0.839. The highest BCUT2D eigenvalue weighted by Gasteiger charge is 2.13. The van der Waals surface area contributed by atoms with Crippen LogP contribution in [0.4, 0.5) is 0 Å². The van der Waals surface area contributed by atoms with Crippen LogP contribution in [-0.2, 0) is 0 Å². The minimum Gasteiger partial charge on any atom is -0.348 e. The zero-order valence-corrected chi connectivity index (χ0v) is 11.9. The lowest BCUT2D eigenvalue weighted by atomic mass is 10.2. The maximum Gasteiger partial charge on any atom is 0.252 e. The molecule has 0 aliphatic heterocycles. The van der Waals surface area contributed by atoms with E-state index in [1.165, 1.54) is 0 Å². The number of hydrogen-bond acceptors (Lipinski definition) is 2. The normalized spacial score (nSPS) is 12.2. The Hall–Kier alpha value is -0.480. The van der Waals surface area contributed by atoms with E-state index in [9.17, 15) is 4.79 Å². The average molecular weight is 302 g/mol. The predicted octanol–water partition coefficient (Wildman–Crippen LogP) is 3.32. The van der Waals surface area contributed by atoms with Crippen molar-refractivity contribution >= 4 is 33.6 Å². The van der Waals surface area contributed by atoms with E-state index in [1.54, 1.807) is 11.8 Å². The summed E-state index contributed by atoms with van der Waals surface area (Å²) in [5.74, 6) is 0.945. The van der Waals surface area contributed by atoms with E-state index in [1.807, 2.05) is 30.5 Å². The molecular weight excluding hydrogens is 286 g/mol. The molecule has 0 fully saturated rings. The van der Waals surface area contributed by atoms with Crippen LogP contribution in [0.15, 0.2) is 28.7 Å². The van der Waals surface area contributed by atoms with Gasteiger partial charge in [-0.25, -0.2) is 0 Å². The third-order valence-electron chi connectivity index (χ3n) is 2.31. The third kappa shape index (κ3) is 3.83. The molecule has 0 aliphatic rings. The van der Waals surface area contributed by atoms with Crippen LogP contribution in [0.1, 0.15) is 23.7 Å². The lowest BCUT2D eigenvalue weighted by Crippen LogP contribution is -2.36. The molecule has 1 unspecified atom stereocenters. The molecule has 1 atom stereocenters. The zero-order chi connectivity index (χ0) is 12.0. The van der Waals surface area contributed by atoms with Gasteiger partial charge in [0.05, 0.1) is 5.56 Å². The van der Waals surface area contributed by atoms with Gasteiger partial charge in [-0.05, 0) is 40.7 Å². The van der Waals surface area contributed by atoms with Crippen LogP contribution < -0.4 is 5.32 Å². The van der Waals surface area contributed by atoms with E-state index in [0.29, 0.717) is 5.56 Å². The van der Waals surface area contributed by atoms with Gasteiger partial charge in [-0.15, -0.1) is 0 Å².